The van der Waals surface area contributed by atoms with Crippen molar-refractivity contribution in [3.05, 3.63) is 17.0 Å². The highest BCUT2D eigenvalue weighted by Crippen LogP contribution is 2.14. The topological polar surface area (TPSA) is 75.4 Å². The minimum absolute atomic E-state index is 0.138. The van der Waals surface area contributed by atoms with Crippen molar-refractivity contribution >= 4 is 11.9 Å². The molecule has 0 fully saturated rings. The molecule has 0 bridgehead atoms. The van der Waals surface area contributed by atoms with Crippen molar-refractivity contribution in [3.8, 4) is 0 Å². The summed E-state index contributed by atoms with van der Waals surface area (Å²) in [5.41, 5.74) is 2.63. The highest BCUT2D eigenvalue weighted by Gasteiger charge is 2.22. The van der Waals surface area contributed by atoms with Crippen molar-refractivity contribution in [2.24, 2.45) is 7.05 Å². The molecule has 0 saturated carbocycles. The number of carboxylic acids is 1. The smallest absolute Gasteiger partial charge is 0.323 e. The normalized spacial score (nSPS) is 10.8. The van der Waals surface area contributed by atoms with E-state index in [9.17, 15) is 9.59 Å². The lowest BCUT2D eigenvalue weighted by atomic mass is 10.1. The maximum Gasteiger partial charge on any atom is 0.323 e. The Morgan fingerprint density at radius 2 is 1.95 bits per heavy atom. The number of carbonyl (C=O) groups excluding carboxylic acids is 1. The third kappa shape index (κ3) is 3.56. The second kappa shape index (κ2) is 5.86. The molecule has 0 radical (unpaired) electrons. The molecule has 6 nitrogen and oxygen atoms in total. The summed E-state index contributed by atoms with van der Waals surface area (Å²) in [7, 11) is 1.83. The number of nitrogens with zero attached hydrogens (tertiary/aromatic N) is 3. The summed E-state index contributed by atoms with van der Waals surface area (Å²) < 4.78 is 1.73. The average Bonchev–Trinajstić information content (AvgIpc) is 2.52. The molecule has 1 amide bonds. The molecule has 0 aliphatic heterocycles. The average molecular weight is 267 g/mol. The lowest BCUT2D eigenvalue weighted by Gasteiger charge is -2.25. The first kappa shape index (κ1) is 15.2. The molecule has 0 aromatic carbocycles. The van der Waals surface area contributed by atoms with E-state index in [1.165, 1.54) is 4.90 Å². The molecule has 0 unspecified atom stereocenters. The molecule has 6 heteroatoms. The van der Waals surface area contributed by atoms with Crippen LogP contribution in [0.1, 0.15) is 30.8 Å². The van der Waals surface area contributed by atoms with Crippen LogP contribution in [0.5, 0.6) is 0 Å². The van der Waals surface area contributed by atoms with Gasteiger partial charge in [0.15, 0.2) is 0 Å². The highest BCUT2D eigenvalue weighted by molar-refractivity contribution is 5.83. The fourth-order valence-electron chi connectivity index (χ4n) is 2.03. The second-order valence-corrected chi connectivity index (χ2v) is 4.96. The third-order valence-electron chi connectivity index (χ3n) is 3.24. The molecule has 19 heavy (non-hydrogen) atoms. The van der Waals surface area contributed by atoms with Gasteiger partial charge in [0, 0.05) is 24.3 Å². The lowest BCUT2D eigenvalue weighted by Crippen LogP contribution is -2.41. The number of aliphatic carboxylic acids is 1. The first-order chi connectivity index (χ1) is 8.73. The second-order valence-electron chi connectivity index (χ2n) is 4.96. The minimum atomic E-state index is -0.998. The van der Waals surface area contributed by atoms with E-state index in [1.807, 2.05) is 34.7 Å². The number of carboxylic acid groups (broad SMARTS) is 1. The molecule has 0 aliphatic carbocycles. The van der Waals surface area contributed by atoms with Gasteiger partial charge in [-0.2, -0.15) is 5.10 Å². The highest BCUT2D eigenvalue weighted by atomic mass is 16.4. The summed E-state index contributed by atoms with van der Waals surface area (Å²) in [6, 6.07) is -0.138. The maximum atomic E-state index is 12.2. The SMILES string of the molecule is Cc1nn(C)c(C)c1CC(=O)N(CC(=O)O)C(C)C. The lowest BCUT2D eigenvalue weighted by molar-refractivity contribution is -0.145. The number of carbonyl (C=O) groups is 2. The number of aryl methyl sites for hydroxylation is 2. The van der Waals surface area contributed by atoms with E-state index in [0.717, 1.165) is 17.0 Å². The molecule has 1 heterocycles. The van der Waals surface area contributed by atoms with E-state index in [-0.39, 0.29) is 24.9 Å². The first-order valence-corrected chi connectivity index (χ1v) is 6.24. The van der Waals surface area contributed by atoms with E-state index in [1.54, 1.807) is 4.68 Å². The van der Waals surface area contributed by atoms with E-state index in [4.69, 9.17) is 5.11 Å². The Balaban J connectivity index is 2.90. The van der Waals surface area contributed by atoms with Gasteiger partial charge in [-0.25, -0.2) is 0 Å². The van der Waals surface area contributed by atoms with Gasteiger partial charge in [0.05, 0.1) is 12.1 Å². The Morgan fingerprint density at radius 1 is 1.37 bits per heavy atom. The quantitative estimate of drug-likeness (QED) is 0.860. The number of hydrogen-bond donors (Lipinski definition) is 1. The van der Waals surface area contributed by atoms with Crippen LogP contribution in [0, 0.1) is 13.8 Å². The molecule has 0 atom stereocenters. The monoisotopic (exact) mass is 267 g/mol. The van der Waals surface area contributed by atoms with Gasteiger partial charge in [-0.15, -0.1) is 0 Å². The van der Waals surface area contributed by atoms with Gasteiger partial charge in [0.2, 0.25) is 5.91 Å². The number of amides is 1. The zero-order valence-corrected chi connectivity index (χ0v) is 12.1. The van der Waals surface area contributed by atoms with Crippen LogP contribution < -0.4 is 0 Å². The predicted molar refractivity (Wildman–Crippen MR) is 70.9 cm³/mol. The fraction of sp³-hybridized carbons (Fsp3) is 0.615. The Hall–Kier alpha value is -1.85. The standard InChI is InChI=1S/C13H21N3O3/c1-8(2)16(7-13(18)19)12(17)6-11-9(3)14-15(5)10(11)4/h8H,6-7H2,1-5H3,(H,18,19). The molecular formula is C13H21N3O3. The van der Waals surface area contributed by atoms with Crippen LogP contribution in [0.25, 0.3) is 0 Å². The molecule has 1 N–H and O–H groups in total. The molecular weight excluding hydrogens is 246 g/mol. The van der Waals surface area contributed by atoms with Crippen LogP contribution in [0.2, 0.25) is 0 Å². The van der Waals surface area contributed by atoms with E-state index < -0.39 is 5.97 Å². The summed E-state index contributed by atoms with van der Waals surface area (Å²) in [5.74, 6) is -1.18. The van der Waals surface area contributed by atoms with Crippen LogP contribution >= 0.6 is 0 Å². The van der Waals surface area contributed by atoms with Crippen LogP contribution in [0.15, 0.2) is 0 Å². The van der Waals surface area contributed by atoms with Crippen LogP contribution in [0.4, 0.5) is 0 Å². The van der Waals surface area contributed by atoms with Gasteiger partial charge >= 0.3 is 5.97 Å². The van der Waals surface area contributed by atoms with Gasteiger partial charge in [-0.3, -0.25) is 14.3 Å². The Kier molecular flexibility index (Phi) is 4.69. The van der Waals surface area contributed by atoms with E-state index in [2.05, 4.69) is 5.10 Å². The van der Waals surface area contributed by atoms with Gasteiger partial charge < -0.3 is 10.0 Å². The van der Waals surface area contributed by atoms with Crippen molar-refractivity contribution in [1.29, 1.82) is 0 Å². The van der Waals surface area contributed by atoms with Crippen molar-refractivity contribution < 1.29 is 14.7 Å². The molecule has 0 saturated heterocycles. The molecule has 1 aromatic heterocycles. The first-order valence-electron chi connectivity index (χ1n) is 6.24. The molecule has 0 spiro atoms. The zero-order valence-electron chi connectivity index (χ0n) is 12.1. The summed E-state index contributed by atoms with van der Waals surface area (Å²) in [5, 5.41) is 13.1. The van der Waals surface area contributed by atoms with Crippen LogP contribution in [-0.2, 0) is 23.1 Å². The molecule has 1 rings (SSSR count). The summed E-state index contributed by atoms with van der Waals surface area (Å²) in [6.45, 7) is 7.11. The number of rotatable bonds is 5. The fourth-order valence-corrected chi connectivity index (χ4v) is 2.03. The van der Waals surface area contributed by atoms with Crippen molar-refractivity contribution in [1.82, 2.24) is 14.7 Å². The van der Waals surface area contributed by atoms with E-state index >= 15 is 0 Å². The maximum absolute atomic E-state index is 12.2. The molecule has 1 aromatic rings. The van der Waals surface area contributed by atoms with Crippen molar-refractivity contribution in [2.45, 2.75) is 40.2 Å². The summed E-state index contributed by atoms with van der Waals surface area (Å²) in [4.78, 5) is 24.4. The third-order valence-corrected chi connectivity index (χ3v) is 3.24. The largest absolute Gasteiger partial charge is 0.480 e. The summed E-state index contributed by atoms with van der Waals surface area (Å²) in [6.07, 6.45) is 0.191. The van der Waals surface area contributed by atoms with Gasteiger partial charge in [0.25, 0.3) is 0 Å². The van der Waals surface area contributed by atoms with Gasteiger partial charge in [0.1, 0.15) is 6.54 Å². The van der Waals surface area contributed by atoms with Crippen molar-refractivity contribution in [3.63, 3.8) is 0 Å². The Labute approximate surface area is 113 Å². The zero-order chi connectivity index (χ0) is 14.7. The Bertz CT molecular complexity index is 492. The summed E-state index contributed by atoms with van der Waals surface area (Å²) >= 11 is 0. The van der Waals surface area contributed by atoms with Crippen molar-refractivity contribution in [2.75, 3.05) is 6.54 Å². The Morgan fingerprint density at radius 3 is 2.32 bits per heavy atom. The molecule has 0 aliphatic rings. The van der Waals surface area contributed by atoms with Crippen LogP contribution in [0.3, 0.4) is 0 Å². The van der Waals surface area contributed by atoms with Crippen LogP contribution in [-0.4, -0.2) is 44.3 Å². The minimum Gasteiger partial charge on any atom is -0.480 e. The predicted octanol–water partition coefficient (Wildman–Crippen LogP) is 0.901. The van der Waals surface area contributed by atoms with E-state index in [0.29, 0.717) is 0 Å². The number of aromatic nitrogens is 2. The molecule has 106 valence electrons. The number of hydrogen-bond acceptors (Lipinski definition) is 3. The van der Waals surface area contributed by atoms with Gasteiger partial charge in [-0.1, -0.05) is 0 Å². The van der Waals surface area contributed by atoms with Gasteiger partial charge in [-0.05, 0) is 27.7 Å².